The van der Waals surface area contributed by atoms with Gasteiger partial charge in [-0.25, -0.2) is 0 Å². The summed E-state index contributed by atoms with van der Waals surface area (Å²) in [6.07, 6.45) is -5.92. The molecule has 0 radical (unpaired) electrons. The van der Waals surface area contributed by atoms with E-state index in [0.717, 1.165) is 0 Å². The Bertz CT molecular complexity index is 227. The van der Waals surface area contributed by atoms with E-state index in [1.54, 1.807) is 34.7 Å². The van der Waals surface area contributed by atoms with Gasteiger partial charge >= 0.3 is 6.18 Å². The molecule has 16 heavy (non-hydrogen) atoms. The second-order valence-electron chi connectivity index (χ2n) is 4.88. The Morgan fingerprint density at radius 2 is 1.62 bits per heavy atom. The first-order valence-corrected chi connectivity index (χ1v) is 4.99. The Hall–Kier alpha value is -0.330. The van der Waals surface area contributed by atoms with Gasteiger partial charge in [0.25, 0.3) is 0 Å². The van der Waals surface area contributed by atoms with Gasteiger partial charge in [0.2, 0.25) is 0 Å². The lowest BCUT2D eigenvalue weighted by molar-refractivity contribution is -0.249. The lowest BCUT2D eigenvalue weighted by atomic mass is 9.74. The molecule has 0 aliphatic heterocycles. The van der Waals surface area contributed by atoms with Gasteiger partial charge in [0.1, 0.15) is 6.61 Å². The zero-order chi connectivity index (χ0) is 13.2. The summed E-state index contributed by atoms with van der Waals surface area (Å²) in [5.74, 6) is 0. The molecule has 0 fully saturated rings. The molecule has 98 valence electrons. The second-order valence-corrected chi connectivity index (χ2v) is 4.88. The van der Waals surface area contributed by atoms with E-state index in [9.17, 15) is 18.3 Å². The molecule has 0 bridgehead atoms. The number of hydrogen-bond donors (Lipinski definition) is 2. The van der Waals surface area contributed by atoms with Crippen LogP contribution in [0.25, 0.3) is 0 Å². The van der Waals surface area contributed by atoms with Crippen LogP contribution in [0.4, 0.5) is 13.2 Å². The highest BCUT2D eigenvalue weighted by molar-refractivity contribution is 4.94. The van der Waals surface area contributed by atoms with E-state index in [1.165, 1.54) is 0 Å². The number of ether oxygens (including phenoxy) is 1. The fourth-order valence-corrected chi connectivity index (χ4v) is 1.01. The monoisotopic (exact) mass is 243 g/mol. The Balaban J connectivity index is 4.53. The van der Waals surface area contributed by atoms with Crippen LogP contribution in [0.1, 0.15) is 27.7 Å². The third-order valence-corrected chi connectivity index (χ3v) is 3.26. The van der Waals surface area contributed by atoms with Crippen molar-refractivity contribution in [1.29, 1.82) is 0 Å². The highest BCUT2D eigenvalue weighted by Gasteiger charge is 2.43. The van der Waals surface area contributed by atoms with Gasteiger partial charge in [0, 0.05) is 11.0 Å². The fraction of sp³-hybridized carbons (Fsp3) is 1.00. The molecule has 0 aromatic carbocycles. The molecule has 0 aliphatic carbocycles. The largest absolute Gasteiger partial charge is 0.411 e. The lowest BCUT2D eigenvalue weighted by Gasteiger charge is -2.44. The molecule has 0 aromatic heterocycles. The maximum atomic E-state index is 11.9. The molecule has 0 heterocycles. The smallest absolute Gasteiger partial charge is 0.367 e. The molecule has 0 aromatic rings. The normalized spacial score (nSPS) is 16.3. The number of aliphatic hydroxyl groups excluding tert-OH is 1. The predicted molar refractivity (Wildman–Crippen MR) is 54.9 cm³/mol. The maximum Gasteiger partial charge on any atom is 0.411 e. The molecule has 1 unspecified atom stereocenters. The molecular weight excluding hydrogens is 223 g/mol. The average Bonchev–Trinajstić information content (AvgIpc) is 2.12. The van der Waals surface area contributed by atoms with Crippen LogP contribution >= 0.6 is 0 Å². The zero-order valence-corrected chi connectivity index (χ0v) is 10.3. The molecule has 0 spiro atoms. The first kappa shape index (κ1) is 15.7. The summed E-state index contributed by atoms with van der Waals surface area (Å²) in [4.78, 5) is 0. The SMILES string of the molecule is CNC(C)(C)C(C)(C)C(O)OCC(F)(F)F. The number of aliphatic hydroxyl groups is 1. The van der Waals surface area contributed by atoms with Crippen molar-refractivity contribution < 1.29 is 23.0 Å². The van der Waals surface area contributed by atoms with Crippen molar-refractivity contribution in [3.8, 4) is 0 Å². The standard InChI is InChI=1S/C10H20F3NO2/c1-8(2,9(3,4)14-5)7(15)16-6-10(11,12)13/h7,14-15H,6H2,1-5H3. The van der Waals surface area contributed by atoms with Crippen molar-refractivity contribution in [3.63, 3.8) is 0 Å². The molecule has 0 rings (SSSR count). The predicted octanol–water partition coefficient (Wildman–Crippen LogP) is 1.91. The minimum absolute atomic E-state index is 0.558. The van der Waals surface area contributed by atoms with Gasteiger partial charge < -0.3 is 15.2 Å². The number of alkyl halides is 3. The van der Waals surface area contributed by atoms with Crippen LogP contribution in [0.15, 0.2) is 0 Å². The molecule has 3 nitrogen and oxygen atoms in total. The lowest BCUT2D eigenvalue weighted by Crippen LogP contribution is -2.56. The van der Waals surface area contributed by atoms with Crippen LogP contribution in [0.5, 0.6) is 0 Å². The van der Waals surface area contributed by atoms with Crippen LogP contribution in [0.3, 0.4) is 0 Å². The number of nitrogens with one attached hydrogen (secondary N) is 1. The first-order chi connectivity index (χ1) is 6.94. The molecule has 0 saturated carbocycles. The van der Waals surface area contributed by atoms with Gasteiger partial charge in [-0.2, -0.15) is 13.2 Å². The van der Waals surface area contributed by atoms with Crippen LogP contribution in [0.2, 0.25) is 0 Å². The number of hydrogen-bond acceptors (Lipinski definition) is 3. The van der Waals surface area contributed by atoms with E-state index in [0.29, 0.717) is 0 Å². The Morgan fingerprint density at radius 1 is 1.19 bits per heavy atom. The summed E-state index contributed by atoms with van der Waals surface area (Å²) >= 11 is 0. The van der Waals surface area contributed by atoms with Gasteiger partial charge in [-0.1, -0.05) is 13.8 Å². The van der Waals surface area contributed by atoms with E-state index in [4.69, 9.17) is 0 Å². The fourth-order valence-electron chi connectivity index (χ4n) is 1.01. The average molecular weight is 243 g/mol. The van der Waals surface area contributed by atoms with E-state index in [-0.39, 0.29) is 0 Å². The molecule has 0 saturated heterocycles. The number of halogens is 3. The van der Waals surface area contributed by atoms with Gasteiger partial charge in [0.05, 0.1) is 0 Å². The number of rotatable bonds is 5. The quantitative estimate of drug-likeness (QED) is 0.725. The minimum atomic E-state index is -4.43. The molecule has 0 amide bonds. The van der Waals surface area contributed by atoms with E-state index < -0.39 is 30.0 Å². The van der Waals surface area contributed by atoms with Crippen molar-refractivity contribution in [2.75, 3.05) is 13.7 Å². The van der Waals surface area contributed by atoms with Crippen LogP contribution in [-0.4, -0.2) is 36.8 Å². The summed E-state index contributed by atoms with van der Waals surface area (Å²) < 4.78 is 40.2. The topological polar surface area (TPSA) is 41.5 Å². The highest BCUT2D eigenvalue weighted by Crippen LogP contribution is 2.35. The van der Waals surface area contributed by atoms with Crippen LogP contribution in [-0.2, 0) is 4.74 Å². The molecular formula is C10H20F3NO2. The van der Waals surface area contributed by atoms with Gasteiger partial charge in [-0.15, -0.1) is 0 Å². The van der Waals surface area contributed by atoms with Crippen LogP contribution < -0.4 is 5.32 Å². The Morgan fingerprint density at radius 3 is 1.94 bits per heavy atom. The third-order valence-electron chi connectivity index (χ3n) is 3.26. The van der Waals surface area contributed by atoms with E-state index >= 15 is 0 Å². The Kier molecular flexibility index (Phi) is 4.79. The van der Waals surface area contributed by atoms with Gasteiger partial charge in [0.15, 0.2) is 6.29 Å². The van der Waals surface area contributed by atoms with Crippen molar-refractivity contribution >= 4 is 0 Å². The van der Waals surface area contributed by atoms with E-state index in [1.807, 2.05) is 0 Å². The third kappa shape index (κ3) is 3.92. The van der Waals surface area contributed by atoms with E-state index in [2.05, 4.69) is 10.1 Å². The van der Waals surface area contributed by atoms with Crippen LogP contribution in [0, 0.1) is 5.41 Å². The summed E-state index contributed by atoms with van der Waals surface area (Å²) in [7, 11) is 1.68. The zero-order valence-electron chi connectivity index (χ0n) is 10.3. The second kappa shape index (κ2) is 4.89. The molecule has 1 atom stereocenters. The van der Waals surface area contributed by atoms with Crippen molar-refractivity contribution in [2.45, 2.75) is 45.7 Å². The molecule has 0 aliphatic rings. The minimum Gasteiger partial charge on any atom is -0.367 e. The summed E-state index contributed by atoms with van der Waals surface area (Å²) in [5.41, 5.74) is -1.41. The van der Waals surface area contributed by atoms with Crippen molar-refractivity contribution in [1.82, 2.24) is 5.32 Å². The van der Waals surface area contributed by atoms with Gasteiger partial charge in [-0.05, 0) is 20.9 Å². The Labute approximate surface area is 94.0 Å². The molecule has 2 N–H and O–H groups in total. The summed E-state index contributed by atoms with van der Waals surface area (Å²) in [5, 5.41) is 12.6. The van der Waals surface area contributed by atoms with Gasteiger partial charge in [-0.3, -0.25) is 0 Å². The van der Waals surface area contributed by atoms with Crippen molar-refractivity contribution in [2.24, 2.45) is 5.41 Å². The highest BCUT2D eigenvalue weighted by atomic mass is 19.4. The summed E-state index contributed by atoms with van der Waals surface area (Å²) in [6.45, 7) is 5.41. The van der Waals surface area contributed by atoms with Crippen molar-refractivity contribution in [3.05, 3.63) is 0 Å². The summed E-state index contributed by atoms with van der Waals surface area (Å²) in [6, 6.07) is 0. The maximum absolute atomic E-state index is 11.9. The molecule has 6 heteroatoms. The first-order valence-electron chi connectivity index (χ1n) is 4.99.